The summed E-state index contributed by atoms with van der Waals surface area (Å²) in [6.45, 7) is 13.1. The lowest BCUT2D eigenvalue weighted by molar-refractivity contribution is 0.0908. The van der Waals surface area contributed by atoms with E-state index in [1.807, 2.05) is 99.2 Å². The number of carbonyl (C=O) groups is 1. The SMILES string of the molecule is CC(C)(Cc1cc(CC(C)(C)c2ccc(-c3ccccc3)nc2)cc(C(=O)C(C)(C)c2ccc(-c3ccccc3)nc2)c1)c1ccc(-c2ccccn2)cc1. The third-order valence-electron chi connectivity index (χ3n) is 11.0. The van der Waals surface area contributed by atoms with Crippen LogP contribution in [0.4, 0.5) is 0 Å². The minimum Gasteiger partial charge on any atom is -0.293 e. The van der Waals surface area contributed by atoms with Gasteiger partial charge in [-0.3, -0.25) is 19.7 Å². The fraction of sp³-hybridized carbons (Fsp3) is 0.216. The number of nitrogens with zero attached hydrogens (tertiary/aromatic N) is 3. The van der Waals surface area contributed by atoms with E-state index in [2.05, 4.69) is 112 Å². The third kappa shape index (κ3) is 8.39. The number of rotatable bonds is 12. The number of ketones is 1. The van der Waals surface area contributed by atoms with Gasteiger partial charge in [-0.05, 0) is 102 Å². The zero-order valence-corrected chi connectivity index (χ0v) is 32.8. The van der Waals surface area contributed by atoms with Gasteiger partial charge in [0, 0.05) is 40.8 Å². The maximum absolute atomic E-state index is 14.7. The molecule has 0 N–H and O–H groups in total. The Balaban J connectivity index is 1.21. The molecule has 0 radical (unpaired) electrons. The molecule has 0 unspecified atom stereocenters. The highest BCUT2D eigenvalue weighted by molar-refractivity contribution is 6.03. The van der Waals surface area contributed by atoms with Crippen LogP contribution in [0.2, 0.25) is 0 Å². The van der Waals surface area contributed by atoms with E-state index in [1.165, 1.54) is 5.56 Å². The highest BCUT2D eigenvalue weighted by atomic mass is 16.1. The molecule has 0 spiro atoms. The number of benzene rings is 4. The first kappa shape index (κ1) is 37.3. The molecule has 0 aliphatic heterocycles. The van der Waals surface area contributed by atoms with Gasteiger partial charge in [-0.15, -0.1) is 0 Å². The van der Waals surface area contributed by atoms with Gasteiger partial charge in [0.25, 0.3) is 0 Å². The van der Waals surface area contributed by atoms with Gasteiger partial charge in [0.05, 0.1) is 22.5 Å². The first-order valence-electron chi connectivity index (χ1n) is 19.1. The number of carbonyl (C=O) groups excluding carboxylic acids is 1. The smallest absolute Gasteiger partial charge is 0.172 e. The number of pyridine rings is 3. The minimum absolute atomic E-state index is 0.0778. The Morgan fingerprint density at radius 3 is 1.40 bits per heavy atom. The molecular formula is C51H49N3O. The normalized spacial score (nSPS) is 12.0. The van der Waals surface area contributed by atoms with E-state index in [0.717, 1.165) is 74.4 Å². The first-order valence-corrected chi connectivity index (χ1v) is 19.1. The Bertz CT molecular complexity index is 2250. The molecule has 4 aromatic carbocycles. The van der Waals surface area contributed by atoms with Crippen LogP contribution in [-0.2, 0) is 29.1 Å². The van der Waals surface area contributed by atoms with Crippen molar-refractivity contribution in [3.05, 3.63) is 198 Å². The van der Waals surface area contributed by atoms with Gasteiger partial charge in [0.15, 0.2) is 5.78 Å². The molecule has 0 aliphatic carbocycles. The second kappa shape index (κ2) is 15.4. The van der Waals surface area contributed by atoms with Gasteiger partial charge in [-0.25, -0.2) is 0 Å². The van der Waals surface area contributed by atoms with Crippen LogP contribution in [0.25, 0.3) is 33.8 Å². The van der Waals surface area contributed by atoms with Crippen LogP contribution in [0.1, 0.15) is 79.7 Å². The van der Waals surface area contributed by atoms with Crippen LogP contribution in [0.5, 0.6) is 0 Å². The highest BCUT2D eigenvalue weighted by Crippen LogP contribution is 2.35. The van der Waals surface area contributed by atoms with Gasteiger partial charge in [-0.1, -0.05) is 137 Å². The van der Waals surface area contributed by atoms with Gasteiger partial charge in [-0.2, -0.15) is 0 Å². The van der Waals surface area contributed by atoms with E-state index in [9.17, 15) is 4.79 Å². The Morgan fingerprint density at radius 2 is 0.909 bits per heavy atom. The van der Waals surface area contributed by atoms with Crippen LogP contribution < -0.4 is 0 Å². The average molecular weight is 720 g/mol. The minimum atomic E-state index is -0.790. The highest BCUT2D eigenvalue weighted by Gasteiger charge is 2.33. The van der Waals surface area contributed by atoms with Crippen molar-refractivity contribution in [3.8, 4) is 33.8 Å². The van der Waals surface area contributed by atoms with Crippen molar-refractivity contribution >= 4 is 5.78 Å². The predicted octanol–water partition coefficient (Wildman–Crippen LogP) is 12.1. The van der Waals surface area contributed by atoms with Crippen LogP contribution in [0, 0.1) is 0 Å². The van der Waals surface area contributed by atoms with Gasteiger partial charge in [0.2, 0.25) is 0 Å². The van der Waals surface area contributed by atoms with E-state index in [1.54, 1.807) is 0 Å². The quantitative estimate of drug-likeness (QED) is 0.118. The van der Waals surface area contributed by atoms with E-state index in [4.69, 9.17) is 9.97 Å². The summed E-state index contributed by atoms with van der Waals surface area (Å²) in [5.41, 5.74) is 11.1. The van der Waals surface area contributed by atoms with Crippen molar-refractivity contribution in [1.82, 2.24) is 15.0 Å². The molecule has 0 saturated carbocycles. The molecule has 274 valence electrons. The summed E-state index contributed by atoms with van der Waals surface area (Å²) in [5, 5.41) is 0. The van der Waals surface area contributed by atoms with Gasteiger partial charge < -0.3 is 0 Å². The van der Waals surface area contributed by atoms with Gasteiger partial charge in [0.1, 0.15) is 0 Å². The maximum atomic E-state index is 14.7. The van der Waals surface area contributed by atoms with E-state index in [-0.39, 0.29) is 16.6 Å². The molecule has 7 aromatic rings. The molecule has 0 aliphatic rings. The molecule has 3 heterocycles. The summed E-state index contributed by atoms with van der Waals surface area (Å²) in [4.78, 5) is 28.9. The summed E-state index contributed by atoms with van der Waals surface area (Å²) in [5.74, 6) is 0.0778. The summed E-state index contributed by atoms with van der Waals surface area (Å²) in [6, 6.07) is 50.0. The van der Waals surface area contributed by atoms with Crippen molar-refractivity contribution in [1.29, 1.82) is 0 Å². The molecule has 0 amide bonds. The molecule has 0 bridgehead atoms. The molecular weight excluding hydrogens is 671 g/mol. The Morgan fingerprint density at radius 1 is 0.455 bits per heavy atom. The van der Waals surface area contributed by atoms with Crippen LogP contribution in [0.15, 0.2) is 164 Å². The Hall–Kier alpha value is -6.00. The summed E-state index contributed by atoms with van der Waals surface area (Å²) in [6.07, 6.45) is 7.21. The van der Waals surface area contributed by atoms with Crippen LogP contribution >= 0.6 is 0 Å². The monoisotopic (exact) mass is 719 g/mol. The zero-order chi connectivity index (χ0) is 38.6. The Labute approximate surface area is 326 Å². The summed E-state index contributed by atoms with van der Waals surface area (Å²) >= 11 is 0. The molecule has 4 nitrogen and oxygen atoms in total. The number of hydrogen-bond acceptors (Lipinski definition) is 4. The Kier molecular flexibility index (Phi) is 10.4. The predicted molar refractivity (Wildman–Crippen MR) is 226 cm³/mol. The van der Waals surface area contributed by atoms with E-state index < -0.39 is 5.41 Å². The zero-order valence-electron chi connectivity index (χ0n) is 32.8. The molecule has 55 heavy (non-hydrogen) atoms. The molecule has 0 atom stereocenters. The number of aromatic nitrogens is 3. The molecule has 7 rings (SSSR count). The van der Waals surface area contributed by atoms with E-state index in [0.29, 0.717) is 0 Å². The number of Topliss-reactive ketones (excluding diaryl/α,β-unsaturated/α-hetero) is 1. The van der Waals surface area contributed by atoms with Crippen molar-refractivity contribution in [2.24, 2.45) is 0 Å². The first-order chi connectivity index (χ1) is 26.4. The van der Waals surface area contributed by atoms with Crippen molar-refractivity contribution in [2.45, 2.75) is 70.6 Å². The van der Waals surface area contributed by atoms with Crippen molar-refractivity contribution < 1.29 is 4.79 Å². The lowest BCUT2D eigenvalue weighted by atomic mass is 9.74. The van der Waals surface area contributed by atoms with Gasteiger partial charge >= 0.3 is 0 Å². The standard InChI is InChI=1S/C51H49N3O/c1-49(2,42-22-20-40(21-23-42)45-19-13-14-28-52-45)32-36-29-37(33-50(3,4)43-24-26-46(53-34-43)38-15-9-7-10-16-38)31-41(30-36)48(55)51(5,6)44-25-27-47(54-35-44)39-17-11-8-12-18-39/h7-31,34-35H,32-33H2,1-6H3. The maximum Gasteiger partial charge on any atom is 0.172 e. The van der Waals surface area contributed by atoms with Crippen LogP contribution in [0.3, 0.4) is 0 Å². The fourth-order valence-electron chi connectivity index (χ4n) is 7.56. The second-order valence-corrected chi connectivity index (χ2v) is 16.5. The largest absolute Gasteiger partial charge is 0.293 e. The lowest BCUT2D eigenvalue weighted by Crippen LogP contribution is -2.30. The third-order valence-corrected chi connectivity index (χ3v) is 11.0. The summed E-state index contributed by atoms with van der Waals surface area (Å²) in [7, 11) is 0. The second-order valence-electron chi connectivity index (χ2n) is 16.5. The lowest BCUT2D eigenvalue weighted by Gasteiger charge is -2.29. The number of hydrogen-bond donors (Lipinski definition) is 0. The van der Waals surface area contributed by atoms with Crippen LogP contribution in [-0.4, -0.2) is 20.7 Å². The molecule has 0 fully saturated rings. The van der Waals surface area contributed by atoms with E-state index >= 15 is 0 Å². The topological polar surface area (TPSA) is 55.7 Å². The molecule has 3 aromatic heterocycles. The average Bonchev–Trinajstić information content (AvgIpc) is 3.21. The summed E-state index contributed by atoms with van der Waals surface area (Å²) < 4.78 is 0. The fourth-order valence-corrected chi connectivity index (χ4v) is 7.56. The van der Waals surface area contributed by atoms with Crippen molar-refractivity contribution in [2.75, 3.05) is 0 Å². The molecule has 0 saturated heterocycles. The molecule has 4 heteroatoms. The van der Waals surface area contributed by atoms with Crippen molar-refractivity contribution in [3.63, 3.8) is 0 Å².